The smallest absolute Gasteiger partial charge is 0.227 e. The molecule has 1 atom stereocenters. The van der Waals surface area contributed by atoms with Crippen LogP contribution in [0.1, 0.15) is 25.3 Å². The van der Waals surface area contributed by atoms with E-state index in [0.717, 1.165) is 38.0 Å². The Labute approximate surface area is 130 Å². The average Bonchev–Trinajstić information content (AvgIpc) is 2.45. The summed E-state index contributed by atoms with van der Waals surface area (Å²) in [6.07, 6.45) is 2.58. The van der Waals surface area contributed by atoms with E-state index in [-0.39, 0.29) is 5.91 Å². The second kappa shape index (κ2) is 7.30. The number of piperidine rings is 1. The van der Waals surface area contributed by atoms with Gasteiger partial charge in [0.05, 0.1) is 16.5 Å². The number of rotatable bonds is 4. The first-order valence-electron chi connectivity index (χ1n) is 7.06. The Hall–Kier alpha value is -0.770. The van der Waals surface area contributed by atoms with E-state index in [2.05, 4.69) is 5.32 Å². The predicted octanol–water partition coefficient (Wildman–Crippen LogP) is 3.14. The van der Waals surface area contributed by atoms with Crippen LogP contribution in [-0.4, -0.2) is 36.5 Å². The fourth-order valence-corrected chi connectivity index (χ4v) is 2.98. The minimum Gasteiger partial charge on any atom is -0.338 e. The molecule has 1 heterocycles. The van der Waals surface area contributed by atoms with Crippen LogP contribution < -0.4 is 5.32 Å². The zero-order valence-electron chi connectivity index (χ0n) is 11.7. The van der Waals surface area contributed by atoms with Gasteiger partial charge in [0.1, 0.15) is 0 Å². The number of likely N-dealkylation sites (N-methyl/N-ethyl adjacent to an activating group) is 1. The molecule has 0 saturated carbocycles. The van der Waals surface area contributed by atoms with Crippen molar-refractivity contribution in [2.75, 3.05) is 19.6 Å². The van der Waals surface area contributed by atoms with Crippen LogP contribution in [0.25, 0.3) is 0 Å². The third kappa shape index (κ3) is 3.87. The monoisotopic (exact) mass is 314 g/mol. The van der Waals surface area contributed by atoms with E-state index in [4.69, 9.17) is 23.2 Å². The Morgan fingerprint density at radius 2 is 2.20 bits per heavy atom. The molecule has 2 rings (SSSR count). The maximum Gasteiger partial charge on any atom is 0.227 e. The normalized spacial score (nSPS) is 18.9. The number of hydrogen-bond acceptors (Lipinski definition) is 2. The van der Waals surface area contributed by atoms with Gasteiger partial charge in [0.25, 0.3) is 0 Å². The molecular formula is C15H20Cl2N2O. The molecular weight excluding hydrogens is 295 g/mol. The Balaban J connectivity index is 2.02. The maximum atomic E-state index is 12.5. The highest BCUT2D eigenvalue weighted by molar-refractivity contribution is 6.42. The molecule has 0 aliphatic carbocycles. The van der Waals surface area contributed by atoms with Crippen LogP contribution in [0.5, 0.6) is 0 Å². The van der Waals surface area contributed by atoms with Crippen molar-refractivity contribution in [2.45, 2.75) is 32.2 Å². The lowest BCUT2D eigenvalue weighted by Gasteiger charge is -2.34. The molecule has 1 unspecified atom stereocenters. The Bertz CT molecular complexity index is 473. The molecule has 1 aliphatic heterocycles. The van der Waals surface area contributed by atoms with Crippen molar-refractivity contribution >= 4 is 29.1 Å². The van der Waals surface area contributed by atoms with Crippen LogP contribution in [0.15, 0.2) is 18.2 Å². The van der Waals surface area contributed by atoms with Crippen molar-refractivity contribution in [1.29, 1.82) is 0 Å². The molecule has 1 fully saturated rings. The summed E-state index contributed by atoms with van der Waals surface area (Å²) in [6, 6.07) is 5.68. The lowest BCUT2D eigenvalue weighted by atomic mass is 10.0. The van der Waals surface area contributed by atoms with Crippen LogP contribution >= 0.6 is 23.2 Å². The van der Waals surface area contributed by atoms with Gasteiger partial charge in [-0.2, -0.15) is 0 Å². The van der Waals surface area contributed by atoms with Gasteiger partial charge in [-0.05, 0) is 44.0 Å². The summed E-state index contributed by atoms with van der Waals surface area (Å²) in [5.41, 5.74) is 0.909. The zero-order valence-corrected chi connectivity index (χ0v) is 13.2. The minimum absolute atomic E-state index is 0.152. The molecule has 3 nitrogen and oxygen atoms in total. The van der Waals surface area contributed by atoms with E-state index in [1.165, 1.54) is 0 Å². The zero-order chi connectivity index (χ0) is 14.5. The number of amides is 1. The van der Waals surface area contributed by atoms with E-state index < -0.39 is 0 Å². The fraction of sp³-hybridized carbons (Fsp3) is 0.533. The highest BCUT2D eigenvalue weighted by atomic mass is 35.5. The number of hydrogen-bond donors (Lipinski definition) is 1. The topological polar surface area (TPSA) is 32.3 Å². The highest BCUT2D eigenvalue weighted by Crippen LogP contribution is 2.23. The van der Waals surface area contributed by atoms with E-state index >= 15 is 0 Å². The van der Waals surface area contributed by atoms with Gasteiger partial charge in [-0.25, -0.2) is 0 Å². The molecule has 110 valence electrons. The SMILES string of the molecule is CCN(C(=O)Cc1ccc(Cl)c(Cl)c1)C1CCCNC1. The largest absolute Gasteiger partial charge is 0.338 e. The van der Waals surface area contributed by atoms with Gasteiger partial charge in [-0.1, -0.05) is 29.3 Å². The summed E-state index contributed by atoms with van der Waals surface area (Å²) in [5, 5.41) is 4.37. The maximum absolute atomic E-state index is 12.5. The van der Waals surface area contributed by atoms with Crippen LogP contribution in [0.3, 0.4) is 0 Å². The quantitative estimate of drug-likeness (QED) is 0.926. The first-order chi connectivity index (χ1) is 9.61. The molecule has 1 N–H and O–H groups in total. The van der Waals surface area contributed by atoms with Gasteiger partial charge in [-0.3, -0.25) is 4.79 Å². The van der Waals surface area contributed by atoms with Crippen molar-refractivity contribution in [3.8, 4) is 0 Å². The average molecular weight is 315 g/mol. The summed E-state index contributed by atoms with van der Waals surface area (Å²) < 4.78 is 0. The first kappa shape index (κ1) is 15.6. The van der Waals surface area contributed by atoms with Gasteiger partial charge >= 0.3 is 0 Å². The molecule has 20 heavy (non-hydrogen) atoms. The fourth-order valence-electron chi connectivity index (χ4n) is 2.66. The van der Waals surface area contributed by atoms with E-state index in [1.807, 2.05) is 17.9 Å². The number of benzene rings is 1. The van der Waals surface area contributed by atoms with Crippen LogP contribution in [0, 0.1) is 0 Å². The third-order valence-corrected chi connectivity index (χ3v) is 4.45. The van der Waals surface area contributed by atoms with E-state index in [1.54, 1.807) is 12.1 Å². The molecule has 1 amide bonds. The summed E-state index contributed by atoms with van der Waals surface area (Å²) in [7, 11) is 0. The third-order valence-electron chi connectivity index (χ3n) is 3.71. The molecule has 5 heteroatoms. The van der Waals surface area contributed by atoms with Gasteiger partial charge in [0.2, 0.25) is 5.91 Å². The van der Waals surface area contributed by atoms with E-state index in [9.17, 15) is 4.79 Å². The summed E-state index contributed by atoms with van der Waals surface area (Å²) >= 11 is 11.9. The van der Waals surface area contributed by atoms with Crippen LogP contribution in [0.4, 0.5) is 0 Å². The second-order valence-electron chi connectivity index (χ2n) is 5.11. The van der Waals surface area contributed by atoms with Gasteiger partial charge < -0.3 is 10.2 Å². The van der Waals surface area contributed by atoms with Crippen molar-refractivity contribution < 1.29 is 4.79 Å². The number of carbonyl (C=O) groups is 1. The first-order valence-corrected chi connectivity index (χ1v) is 7.81. The summed E-state index contributed by atoms with van der Waals surface area (Å²) in [5.74, 6) is 0.152. The lowest BCUT2D eigenvalue weighted by molar-refractivity contribution is -0.132. The van der Waals surface area contributed by atoms with Crippen molar-refractivity contribution in [1.82, 2.24) is 10.2 Å². The number of nitrogens with zero attached hydrogens (tertiary/aromatic N) is 1. The minimum atomic E-state index is 0.152. The molecule has 0 radical (unpaired) electrons. The predicted molar refractivity (Wildman–Crippen MR) is 83.4 cm³/mol. The summed E-state index contributed by atoms with van der Waals surface area (Å²) in [6.45, 7) is 4.71. The van der Waals surface area contributed by atoms with Gasteiger partial charge in [-0.15, -0.1) is 0 Å². The molecule has 1 aromatic rings. The van der Waals surface area contributed by atoms with Gasteiger partial charge in [0, 0.05) is 19.1 Å². The van der Waals surface area contributed by atoms with Gasteiger partial charge in [0.15, 0.2) is 0 Å². The molecule has 1 aliphatic rings. The standard InChI is InChI=1S/C15H20Cl2N2O/c1-2-19(12-4-3-7-18-10-12)15(20)9-11-5-6-13(16)14(17)8-11/h5-6,8,12,18H,2-4,7,9-10H2,1H3. The molecule has 0 aromatic heterocycles. The molecule has 1 aromatic carbocycles. The molecule has 0 spiro atoms. The highest BCUT2D eigenvalue weighted by Gasteiger charge is 2.23. The number of nitrogens with one attached hydrogen (secondary N) is 1. The number of carbonyl (C=O) groups excluding carboxylic acids is 1. The van der Waals surface area contributed by atoms with Crippen LogP contribution in [-0.2, 0) is 11.2 Å². The Morgan fingerprint density at radius 3 is 2.80 bits per heavy atom. The molecule has 1 saturated heterocycles. The van der Waals surface area contributed by atoms with Crippen molar-refractivity contribution in [3.05, 3.63) is 33.8 Å². The van der Waals surface area contributed by atoms with Crippen molar-refractivity contribution in [2.24, 2.45) is 0 Å². The Morgan fingerprint density at radius 1 is 1.40 bits per heavy atom. The molecule has 0 bridgehead atoms. The number of halogens is 2. The Kier molecular flexibility index (Phi) is 5.70. The summed E-state index contributed by atoms with van der Waals surface area (Å²) in [4.78, 5) is 14.4. The van der Waals surface area contributed by atoms with Crippen LogP contribution in [0.2, 0.25) is 10.0 Å². The van der Waals surface area contributed by atoms with E-state index in [0.29, 0.717) is 22.5 Å². The second-order valence-corrected chi connectivity index (χ2v) is 5.92. The lowest BCUT2D eigenvalue weighted by Crippen LogP contribution is -2.49. The van der Waals surface area contributed by atoms with Crippen molar-refractivity contribution in [3.63, 3.8) is 0 Å².